The minimum absolute atomic E-state index is 0.233. The Morgan fingerprint density at radius 2 is 1.50 bits per heavy atom. The Labute approximate surface area is 122 Å². The molecular formula is C13H7F5O3S. The van der Waals surface area contributed by atoms with Crippen molar-refractivity contribution in [3.63, 3.8) is 0 Å². The molecule has 0 unspecified atom stereocenters. The van der Waals surface area contributed by atoms with Crippen molar-refractivity contribution in [3.05, 3.63) is 59.7 Å². The van der Waals surface area contributed by atoms with Crippen LogP contribution in [0.5, 0.6) is 5.75 Å². The summed E-state index contributed by atoms with van der Waals surface area (Å²) in [5.74, 6) is -2.96. The van der Waals surface area contributed by atoms with E-state index in [9.17, 15) is 30.4 Å². The third-order valence-electron chi connectivity index (χ3n) is 2.55. The van der Waals surface area contributed by atoms with Crippen LogP contribution in [0.1, 0.15) is 5.56 Å². The first-order valence-corrected chi connectivity index (χ1v) is 7.07. The molecule has 0 heterocycles. The molecule has 0 amide bonds. The molecule has 3 nitrogen and oxygen atoms in total. The van der Waals surface area contributed by atoms with E-state index in [1.165, 1.54) is 0 Å². The van der Waals surface area contributed by atoms with E-state index in [-0.39, 0.29) is 6.07 Å². The number of benzene rings is 2. The normalized spacial score (nSPS) is 12.2. The molecular weight excluding hydrogens is 331 g/mol. The zero-order valence-corrected chi connectivity index (χ0v) is 11.4. The van der Waals surface area contributed by atoms with Gasteiger partial charge in [0.1, 0.15) is 22.3 Å². The van der Waals surface area contributed by atoms with E-state index in [2.05, 4.69) is 4.18 Å². The van der Waals surface area contributed by atoms with Gasteiger partial charge in [-0.2, -0.15) is 21.6 Å². The summed E-state index contributed by atoms with van der Waals surface area (Å²) in [7, 11) is -4.46. The highest BCUT2D eigenvalue weighted by atomic mass is 32.2. The van der Waals surface area contributed by atoms with Gasteiger partial charge in [0, 0.05) is 0 Å². The topological polar surface area (TPSA) is 43.4 Å². The summed E-state index contributed by atoms with van der Waals surface area (Å²) in [6.45, 7) is 0. The maximum Gasteiger partial charge on any atom is 0.419 e. The first kappa shape index (κ1) is 16.2. The SMILES string of the molecule is O=S(=O)(Oc1ccc(F)c(C(F)(F)F)c1)c1ccc(F)cc1. The van der Waals surface area contributed by atoms with Crippen LogP contribution in [0.2, 0.25) is 0 Å². The van der Waals surface area contributed by atoms with Crippen molar-refractivity contribution in [2.75, 3.05) is 0 Å². The van der Waals surface area contributed by atoms with Crippen molar-refractivity contribution in [2.24, 2.45) is 0 Å². The molecule has 0 aliphatic rings. The number of hydrogen-bond donors (Lipinski definition) is 0. The predicted molar refractivity (Wildman–Crippen MR) is 65.6 cm³/mol. The summed E-state index contributed by atoms with van der Waals surface area (Å²) in [5.41, 5.74) is -1.65. The number of hydrogen-bond acceptors (Lipinski definition) is 3. The summed E-state index contributed by atoms with van der Waals surface area (Å²) in [4.78, 5) is -0.452. The van der Waals surface area contributed by atoms with Crippen molar-refractivity contribution >= 4 is 10.1 Å². The second-order valence-electron chi connectivity index (χ2n) is 4.13. The molecule has 0 radical (unpaired) electrons. The molecule has 0 aliphatic heterocycles. The van der Waals surface area contributed by atoms with Gasteiger partial charge in [-0.1, -0.05) is 0 Å². The summed E-state index contributed by atoms with van der Waals surface area (Å²) in [6.07, 6.45) is -5.00. The zero-order valence-electron chi connectivity index (χ0n) is 10.6. The zero-order chi connectivity index (χ0) is 16.5. The van der Waals surface area contributed by atoms with E-state index in [4.69, 9.17) is 0 Å². The minimum Gasteiger partial charge on any atom is -0.379 e. The van der Waals surface area contributed by atoms with Gasteiger partial charge in [-0.15, -0.1) is 0 Å². The molecule has 118 valence electrons. The molecule has 0 N–H and O–H groups in total. The number of alkyl halides is 3. The van der Waals surface area contributed by atoms with Gasteiger partial charge in [0.2, 0.25) is 0 Å². The van der Waals surface area contributed by atoms with Crippen molar-refractivity contribution in [1.29, 1.82) is 0 Å². The average Bonchev–Trinajstić information content (AvgIpc) is 2.40. The second kappa shape index (κ2) is 5.56. The van der Waals surface area contributed by atoms with Gasteiger partial charge in [0.15, 0.2) is 0 Å². The molecule has 0 aromatic heterocycles. The Hall–Kier alpha value is -2.16. The molecule has 22 heavy (non-hydrogen) atoms. The Morgan fingerprint density at radius 3 is 2.05 bits per heavy atom. The van der Waals surface area contributed by atoms with Crippen LogP contribution in [0.15, 0.2) is 47.4 Å². The largest absolute Gasteiger partial charge is 0.419 e. The van der Waals surface area contributed by atoms with Crippen molar-refractivity contribution in [1.82, 2.24) is 0 Å². The van der Waals surface area contributed by atoms with Crippen LogP contribution >= 0.6 is 0 Å². The molecule has 0 spiro atoms. The van der Waals surface area contributed by atoms with Crippen LogP contribution in [0, 0.1) is 11.6 Å². The molecule has 0 saturated heterocycles. The van der Waals surface area contributed by atoms with Crippen LogP contribution in [-0.2, 0) is 16.3 Å². The lowest BCUT2D eigenvalue weighted by Gasteiger charge is -2.11. The van der Waals surface area contributed by atoms with Gasteiger partial charge in [-0.3, -0.25) is 0 Å². The number of rotatable bonds is 3. The molecule has 9 heteroatoms. The van der Waals surface area contributed by atoms with E-state index in [1.54, 1.807) is 0 Å². The highest BCUT2D eigenvalue weighted by Gasteiger charge is 2.35. The standard InChI is InChI=1S/C13H7F5O3S/c14-8-1-4-10(5-2-8)22(19,20)21-9-3-6-12(15)11(7-9)13(16,17)18/h1-7H. The molecule has 0 aliphatic carbocycles. The fraction of sp³-hybridized carbons (Fsp3) is 0.0769. The van der Waals surface area contributed by atoms with E-state index < -0.39 is 44.1 Å². The van der Waals surface area contributed by atoms with Gasteiger partial charge in [-0.05, 0) is 42.5 Å². The van der Waals surface area contributed by atoms with Crippen LogP contribution in [0.4, 0.5) is 22.0 Å². The quantitative estimate of drug-likeness (QED) is 0.632. The molecule has 2 aromatic rings. The van der Waals surface area contributed by atoms with E-state index in [0.717, 1.165) is 30.3 Å². The molecule has 0 bridgehead atoms. The highest BCUT2D eigenvalue weighted by molar-refractivity contribution is 7.87. The fourth-order valence-corrected chi connectivity index (χ4v) is 2.47. The Bertz CT molecular complexity index is 782. The maximum atomic E-state index is 13.1. The monoisotopic (exact) mass is 338 g/mol. The molecule has 0 saturated carbocycles. The van der Waals surface area contributed by atoms with Gasteiger partial charge in [0.05, 0.1) is 5.56 Å². The third kappa shape index (κ3) is 3.53. The van der Waals surface area contributed by atoms with Gasteiger partial charge < -0.3 is 4.18 Å². The van der Waals surface area contributed by atoms with E-state index in [0.29, 0.717) is 6.07 Å². The Balaban J connectivity index is 2.36. The summed E-state index contributed by atoms with van der Waals surface area (Å²) in [5, 5.41) is 0. The lowest BCUT2D eigenvalue weighted by Crippen LogP contribution is -2.12. The van der Waals surface area contributed by atoms with Crippen LogP contribution in [-0.4, -0.2) is 8.42 Å². The first-order chi connectivity index (χ1) is 10.1. The smallest absolute Gasteiger partial charge is 0.379 e. The third-order valence-corrected chi connectivity index (χ3v) is 3.81. The van der Waals surface area contributed by atoms with Crippen LogP contribution < -0.4 is 4.18 Å². The first-order valence-electron chi connectivity index (χ1n) is 5.66. The number of halogens is 5. The van der Waals surface area contributed by atoms with Gasteiger partial charge in [0.25, 0.3) is 0 Å². The Morgan fingerprint density at radius 1 is 0.909 bits per heavy atom. The fourth-order valence-electron chi connectivity index (χ4n) is 1.55. The molecule has 0 atom stereocenters. The molecule has 2 aromatic carbocycles. The second-order valence-corrected chi connectivity index (χ2v) is 5.68. The lowest BCUT2D eigenvalue weighted by molar-refractivity contribution is -0.140. The van der Waals surface area contributed by atoms with Crippen LogP contribution in [0.25, 0.3) is 0 Å². The maximum absolute atomic E-state index is 13.1. The van der Waals surface area contributed by atoms with Crippen molar-refractivity contribution < 1.29 is 34.6 Å². The molecule has 0 fully saturated rings. The summed E-state index contributed by atoms with van der Waals surface area (Å²) >= 11 is 0. The summed E-state index contributed by atoms with van der Waals surface area (Å²) < 4.78 is 91.6. The average molecular weight is 338 g/mol. The van der Waals surface area contributed by atoms with E-state index in [1.807, 2.05) is 0 Å². The van der Waals surface area contributed by atoms with Gasteiger partial charge >= 0.3 is 16.3 Å². The Kier molecular flexibility index (Phi) is 4.10. The lowest BCUT2D eigenvalue weighted by atomic mass is 10.2. The highest BCUT2D eigenvalue weighted by Crippen LogP contribution is 2.34. The van der Waals surface area contributed by atoms with Gasteiger partial charge in [-0.25, -0.2) is 8.78 Å². The van der Waals surface area contributed by atoms with E-state index >= 15 is 0 Å². The summed E-state index contributed by atoms with van der Waals surface area (Å²) in [6, 6.07) is 4.89. The van der Waals surface area contributed by atoms with Crippen molar-refractivity contribution in [2.45, 2.75) is 11.1 Å². The predicted octanol–water partition coefficient (Wildman–Crippen LogP) is 3.75. The molecule has 2 rings (SSSR count). The minimum atomic E-state index is -5.00. The van der Waals surface area contributed by atoms with Crippen molar-refractivity contribution in [3.8, 4) is 5.75 Å². The van der Waals surface area contributed by atoms with Crippen LogP contribution in [0.3, 0.4) is 0 Å².